The van der Waals surface area contributed by atoms with Gasteiger partial charge in [0, 0.05) is 36.0 Å². The van der Waals surface area contributed by atoms with E-state index in [1.54, 1.807) is 24.3 Å². The molecule has 0 unspecified atom stereocenters. The van der Waals surface area contributed by atoms with Crippen LogP contribution in [0.5, 0.6) is 11.5 Å². The summed E-state index contributed by atoms with van der Waals surface area (Å²) < 4.78 is 22.0. The van der Waals surface area contributed by atoms with E-state index in [4.69, 9.17) is 18.9 Å². The summed E-state index contributed by atoms with van der Waals surface area (Å²) in [4.78, 5) is 0. The molecule has 2 aliphatic heterocycles. The molecule has 14 nitrogen and oxygen atoms in total. The molecule has 10 atom stereocenters. The van der Waals surface area contributed by atoms with E-state index in [9.17, 15) is 40.9 Å². The monoisotopic (exact) mass is 688 g/mol. The fraction of sp³-hybridized carbons (Fsp3) is 0.600. The SMILES string of the molecule is OC[C@H]1O[C@H](Oc2ccc(NCCCSSCCCNc3ccc(O[C@H]4O[C@H](CO)[C@@H](O)[C@H](O)[C@@H]4O)cc3)cc2)[C@@H](O)[C@@H](O)[C@@H]1O. The lowest BCUT2D eigenvalue weighted by Crippen LogP contribution is -2.60. The average molecular weight is 689 g/mol. The minimum atomic E-state index is -1.49. The van der Waals surface area contributed by atoms with Crippen molar-refractivity contribution in [1.82, 2.24) is 0 Å². The van der Waals surface area contributed by atoms with Crippen LogP contribution in [-0.2, 0) is 9.47 Å². The van der Waals surface area contributed by atoms with Crippen LogP contribution in [0.15, 0.2) is 48.5 Å². The topological polar surface area (TPSA) is 223 Å². The van der Waals surface area contributed by atoms with Gasteiger partial charge in [0.15, 0.2) is 0 Å². The average Bonchev–Trinajstić information content (AvgIpc) is 3.07. The minimum Gasteiger partial charge on any atom is -0.462 e. The van der Waals surface area contributed by atoms with Crippen LogP contribution in [0, 0.1) is 0 Å². The number of anilines is 2. The summed E-state index contributed by atoms with van der Waals surface area (Å²) in [5.41, 5.74) is 1.80. The van der Waals surface area contributed by atoms with Gasteiger partial charge in [-0.15, -0.1) is 0 Å². The maximum absolute atomic E-state index is 10.1. The molecular formula is C30H44N2O12S2. The number of rotatable bonds is 17. The second kappa shape index (κ2) is 18.5. The van der Waals surface area contributed by atoms with Crippen molar-refractivity contribution in [1.29, 1.82) is 0 Å². The van der Waals surface area contributed by atoms with Crippen molar-refractivity contribution < 1.29 is 59.8 Å². The van der Waals surface area contributed by atoms with Gasteiger partial charge in [0.05, 0.1) is 13.2 Å². The first-order chi connectivity index (χ1) is 22.2. The maximum atomic E-state index is 10.1. The highest BCUT2D eigenvalue weighted by molar-refractivity contribution is 8.76. The molecule has 2 saturated heterocycles. The lowest BCUT2D eigenvalue weighted by atomic mass is 9.99. The second-order valence-corrected chi connectivity index (χ2v) is 13.6. The molecule has 0 amide bonds. The summed E-state index contributed by atoms with van der Waals surface area (Å²) in [6.07, 6.45) is -11.3. The Bertz CT molecular complexity index is 1060. The van der Waals surface area contributed by atoms with Gasteiger partial charge >= 0.3 is 0 Å². The molecule has 2 aliphatic rings. The molecule has 2 fully saturated rings. The summed E-state index contributed by atoms with van der Waals surface area (Å²) in [6, 6.07) is 14.1. The zero-order valence-corrected chi connectivity index (χ0v) is 26.7. The summed E-state index contributed by atoms with van der Waals surface area (Å²) in [5.74, 6) is 2.79. The third kappa shape index (κ3) is 10.2. The van der Waals surface area contributed by atoms with Gasteiger partial charge in [0.25, 0.3) is 0 Å². The standard InChI is InChI=1S/C30H44N2O12S2/c33-15-21-23(35)25(37)27(39)29(43-21)41-19-7-3-17(4-8-19)31-11-1-13-45-46-14-2-12-32-18-5-9-20(10-6-18)42-30-28(40)26(38)24(36)22(16-34)44-30/h3-10,21-40H,1-2,11-16H2/t21-,22-,23-,24-,25+,26+,27+,28+,29+,30+/m1/s1. The molecular weight excluding hydrogens is 644 g/mol. The van der Waals surface area contributed by atoms with Crippen LogP contribution >= 0.6 is 21.6 Å². The molecule has 4 rings (SSSR count). The van der Waals surface area contributed by atoms with Gasteiger partial charge in [-0.2, -0.15) is 0 Å². The van der Waals surface area contributed by atoms with Gasteiger partial charge in [-0.05, 0) is 61.4 Å². The van der Waals surface area contributed by atoms with E-state index in [1.807, 2.05) is 45.9 Å². The van der Waals surface area contributed by atoms with Gasteiger partial charge in [-0.1, -0.05) is 21.6 Å². The molecule has 0 aromatic heterocycles. The lowest BCUT2D eigenvalue weighted by Gasteiger charge is -2.39. The van der Waals surface area contributed by atoms with Crippen molar-refractivity contribution in [3.63, 3.8) is 0 Å². The third-order valence-corrected chi connectivity index (χ3v) is 10.0. The van der Waals surface area contributed by atoms with Crippen LogP contribution in [0.25, 0.3) is 0 Å². The van der Waals surface area contributed by atoms with E-state index in [0.717, 1.165) is 48.8 Å². The van der Waals surface area contributed by atoms with Gasteiger partial charge in [0.1, 0.15) is 60.3 Å². The predicted octanol–water partition coefficient (Wildman–Crippen LogP) is -0.270. The molecule has 16 heteroatoms. The first kappa shape index (κ1) is 36.8. The molecule has 0 radical (unpaired) electrons. The molecule has 258 valence electrons. The van der Waals surface area contributed by atoms with Crippen LogP contribution in [-0.4, -0.2) is 140 Å². The van der Waals surface area contributed by atoms with Crippen molar-refractivity contribution in [2.45, 2.75) is 74.3 Å². The smallest absolute Gasteiger partial charge is 0.229 e. The summed E-state index contributed by atoms with van der Waals surface area (Å²) in [6.45, 7) is 0.545. The number of nitrogens with one attached hydrogen (secondary N) is 2. The van der Waals surface area contributed by atoms with Gasteiger partial charge in [-0.3, -0.25) is 0 Å². The van der Waals surface area contributed by atoms with Gasteiger partial charge in [-0.25, -0.2) is 0 Å². The molecule has 0 aliphatic carbocycles. The van der Waals surface area contributed by atoms with E-state index in [2.05, 4.69) is 10.6 Å². The number of hydrogen-bond donors (Lipinski definition) is 10. The first-order valence-electron chi connectivity index (χ1n) is 15.1. The summed E-state index contributed by atoms with van der Waals surface area (Å²) >= 11 is 0. The van der Waals surface area contributed by atoms with Crippen molar-refractivity contribution >= 4 is 33.0 Å². The van der Waals surface area contributed by atoms with Crippen LogP contribution in [0.2, 0.25) is 0 Å². The Morgan fingerprint density at radius 3 is 1.26 bits per heavy atom. The van der Waals surface area contributed by atoms with E-state index >= 15 is 0 Å². The molecule has 2 heterocycles. The zero-order chi connectivity index (χ0) is 33.1. The number of aliphatic hydroxyl groups excluding tert-OH is 8. The number of aliphatic hydroxyl groups is 8. The number of hydrogen-bond acceptors (Lipinski definition) is 16. The van der Waals surface area contributed by atoms with E-state index in [-0.39, 0.29) is 0 Å². The van der Waals surface area contributed by atoms with Crippen LogP contribution < -0.4 is 20.1 Å². The molecule has 0 saturated carbocycles. The predicted molar refractivity (Wildman–Crippen MR) is 173 cm³/mol. The Hall–Kier alpha value is -2.06. The molecule has 2 aromatic carbocycles. The highest BCUT2D eigenvalue weighted by Gasteiger charge is 2.45. The number of benzene rings is 2. The lowest BCUT2D eigenvalue weighted by molar-refractivity contribution is -0.277. The minimum absolute atomic E-state index is 0.411. The molecule has 46 heavy (non-hydrogen) atoms. The Morgan fingerprint density at radius 2 is 0.913 bits per heavy atom. The fourth-order valence-corrected chi connectivity index (χ4v) is 6.92. The third-order valence-electron chi connectivity index (χ3n) is 7.46. The Labute approximate surface area is 275 Å². The first-order valence-corrected chi connectivity index (χ1v) is 17.6. The second-order valence-electron chi connectivity index (χ2n) is 10.9. The highest BCUT2D eigenvalue weighted by Crippen LogP contribution is 2.27. The highest BCUT2D eigenvalue weighted by atomic mass is 33.1. The molecule has 10 N–H and O–H groups in total. The Morgan fingerprint density at radius 1 is 0.543 bits per heavy atom. The van der Waals surface area contributed by atoms with Gasteiger partial charge in [0.2, 0.25) is 12.6 Å². The van der Waals surface area contributed by atoms with Gasteiger partial charge < -0.3 is 70.4 Å². The zero-order valence-electron chi connectivity index (χ0n) is 25.1. The number of ether oxygens (including phenoxy) is 4. The maximum Gasteiger partial charge on any atom is 0.229 e. The molecule has 2 aromatic rings. The summed E-state index contributed by atoms with van der Waals surface area (Å²) in [5, 5.41) is 85.1. The van der Waals surface area contributed by atoms with E-state index in [1.165, 1.54) is 0 Å². The van der Waals surface area contributed by atoms with Crippen molar-refractivity contribution in [2.75, 3.05) is 48.4 Å². The molecule has 0 spiro atoms. The van der Waals surface area contributed by atoms with Crippen molar-refractivity contribution in [3.05, 3.63) is 48.5 Å². The van der Waals surface area contributed by atoms with Crippen LogP contribution in [0.3, 0.4) is 0 Å². The Balaban J connectivity index is 1.03. The fourth-order valence-electron chi connectivity index (χ4n) is 4.75. The quantitative estimate of drug-likeness (QED) is 0.0763. The van der Waals surface area contributed by atoms with E-state index in [0.29, 0.717) is 11.5 Å². The summed E-state index contributed by atoms with van der Waals surface area (Å²) in [7, 11) is 3.63. The largest absolute Gasteiger partial charge is 0.462 e. The Kier molecular flexibility index (Phi) is 14.8. The molecule has 0 bridgehead atoms. The normalized spacial score (nSPS) is 31.3. The van der Waals surface area contributed by atoms with Crippen molar-refractivity contribution in [3.8, 4) is 11.5 Å². The van der Waals surface area contributed by atoms with E-state index < -0.39 is 74.6 Å². The van der Waals surface area contributed by atoms with Crippen molar-refractivity contribution in [2.24, 2.45) is 0 Å². The van der Waals surface area contributed by atoms with Crippen LogP contribution in [0.1, 0.15) is 12.8 Å². The van der Waals surface area contributed by atoms with Crippen LogP contribution in [0.4, 0.5) is 11.4 Å².